The highest BCUT2D eigenvalue weighted by molar-refractivity contribution is 8.01. The van der Waals surface area contributed by atoms with E-state index in [0.717, 1.165) is 22.4 Å². The number of H-pyrrole nitrogens is 1. The minimum Gasteiger partial charge on any atom is -0.493 e. The number of rotatable bonds is 5. The van der Waals surface area contributed by atoms with Gasteiger partial charge in [0.05, 0.1) is 17.6 Å². The van der Waals surface area contributed by atoms with E-state index in [4.69, 9.17) is 21.1 Å². The van der Waals surface area contributed by atoms with Gasteiger partial charge < -0.3 is 14.8 Å². The molecule has 2 N–H and O–H groups in total. The van der Waals surface area contributed by atoms with Crippen LogP contribution in [-0.4, -0.2) is 28.5 Å². The van der Waals surface area contributed by atoms with Crippen LogP contribution in [-0.2, 0) is 11.4 Å². The highest BCUT2D eigenvalue weighted by atomic mass is 35.5. The van der Waals surface area contributed by atoms with Crippen LogP contribution in [0.4, 0.5) is 5.82 Å². The number of nitrogens with zero attached hydrogens (tertiary/aromatic N) is 1. The summed E-state index contributed by atoms with van der Waals surface area (Å²) in [4.78, 5) is 12.3. The number of fused-ring (bicyclic) bond motifs is 1. The minimum atomic E-state index is -0.217. The molecule has 0 spiro atoms. The molecule has 4 rings (SSSR count). The summed E-state index contributed by atoms with van der Waals surface area (Å²) in [6.45, 7) is 4.20. The monoisotopic (exact) mass is 443 g/mol. The van der Waals surface area contributed by atoms with Crippen molar-refractivity contribution in [1.82, 2.24) is 10.2 Å². The number of ether oxygens (including phenoxy) is 2. The van der Waals surface area contributed by atoms with Crippen LogP contribution in [0.2, 0.25) is 5.02 Å². The van der Waals surface area contributed by atoms with Crippen molar-refractivity contribution in [2.24, 2.45) is 0 Å². The number of aryl methyl sites for hydroxylation is 1. The van der Waals surface area contributed by atoms with Crippen molar-refractivity contribution < 1.29 is 14.3 Å². The summed E-state index contributed by atoms with van der Waals surface area (Å²) in [5.74, 6) is 1.78. The number of nitrogens with one attached hydrogen (secondary N) is 2. The van der Waals surface area contributed by atoms with E-state index < -0.39 is 0 Å². The first kappa shape index (κ1) is 20.6. The van der Waals surface area contributed by atoms with Crippen molar-refractivity contribution in [1.29, 1.82) is 0 Å². The molecule has 0 saturated carbocycles. The van der Waals surface area contributed by atoms with Gasteiger partial charge in [-0.2, -0.15) is 5.10 Å². The van der Waals surface area contributed by atoms with Gasteiger partial charge in [-0.1, -0.05) is 35.9 Å². The molecule has 1 aliphatic heterocycles. The summed E-state index contributed by atoms with van der Waals surface area (Å²) < 4.78 is 11.6. The molecule has 2 heterocycles. The van der Waals surface area contributed by atoms with Gasteiger partial charge in [-0.25, -0.2) is 0 Å². The van der Waals surface area contributed by atoms with Crippen LogP contribution in [0.3, 0.4) is 0 Å². The van der Waals surface area contributed by atoms with Crippen molar-refractivity contribution in [3.63, 3.8) is 0 Å². The summed E-state index contributed by atoms with van der Waals surface area (Å²) >= 11 is 7.81. The van der Waals surface area contributed by atoms with Gasteiger partial charge in [0.2, 0.25) is 5.91 Å². The van der Waals surface area contributed by atoms with Crippen LogP contribution in [0.25, 0.3) is 0 Å². The van der Waals surface area contributed by atoms with Crippen molar-refractivity contribution in [3.8, 4) is 11.5 Å². The van der Waals surface area contributed by atoms with Crippen LogP contribution in [0.5, 0.6) is 11.5 Å². The lowest BCUT2D eigenvalue weighted by atomic mass is 10.0. The number of hydrogen-bond donors (Lipinski definition) is 2. The van der Waals surface area contributed by atoms with E-state index in [1.807, 2.05) is 56.3 Å². The molecule has 0 fully saturated rings. The zero-order valence-electron chi connectivity index (χ0n) is 16.9. The highest BCUT2D eigenvalue weighted by Crippen LogP contribution is 2.46. The molecule has 0 radical (unpaired) electrons. The molecule has 6 nitrogen and oxygen atoms in total. The van der Waals surface area contributed by atoms with Gasteiger partial charge in [0.25, 0.3) is 0 Å². The molecule has 0 bridgehead atoms. The lowest BCUT2D eigenvalue weighted by Crippen LogP contribution is -2.21. The van der Waals surface area contributed by atoms with Gasteiger partial charge in [0.15, 0.2) is 17.3 Å². The Labute approximate surface area is 184 Å². The number of aromatic amines is 1. The maximum atomic E-state index is 12.3. The fourth-order valence-electron chi connectivity index (χ4n) is 3.39. The van der Waals surface area contributed by atoms with Crippen molar-refractivity contribution in [2.45, 2.75) is 31.0 Å². The summed E-state index contributed by atoms with van der Waals surface area (Å²) in [6.07, 6.45) is 0. The summed E-state index contributed by atoms with van der Waals surface area (Å²) in [5.41, 5.74) is 3.82. The highest BCUT2D eigenvalue weighted by Gasteiger charge is 2.32. The SMILES string of the molecule is COc1cc([C@H]2S[C@H](C)C(=O)Nc3n[nH]c(C)c32)ccc1OCc1ccccc1Cl. The molecule has 0 aliphatic carbocycles. The first-order valence-electron chi connectivity index (χ1n) is 9.53. The van der Waals surface area contributed by atoms with E-state index >= 15 is 0 Å². The fourth-order valence-corrected chi connectivity index (χ4v) is 4.90. The first-order valence-corrected chi connectivity index (χ1v) is 10.8. The predicted octanol–water partition coefficient (Wildman–Crippen LogP) is 5.12. The van der Waals surface area contributed by atoms with Crippen LogP contribution < -0.4 is 14.8 Å². The number of carbonyl (C=O) groups excluding carboxylic acids is 1. The van der Waals surface area contributed by atoms with Crippen LogP contribution in [0.1, 0.15) is 34.6 Å². The van der Waals surface area contributed by atoms with E-state index in [-0.39, 0.29) is 16.4 Å². The zero-order chi connectivity index (χ0) is 21.3. The normalized spacial score (nSPS) is 18.3. The lowest BCUT2D eigenvalue weighted by molar-refractivity contribution is -0.115. The topological polar surface area (TPSA) is 76.2 Å². The molecule has 1 amide bonds. The minimum absolute atomic E-state index is 0.0538. The van der Waals surface area contributed by atoms with Crippen LogP contribution >= 0.6 is 23.4 Å². The molecule has 1 aliphatic rings. The number of anilines is 1. The smallest absolute Gasteiger partial charge is 0.238 e. The Kier molecular flexibility index (Phi) is 5.92. The van der Waals surface area contributed by atoms with Gasteiger partial charge in [-0.15, -0.1) is 11.8 Å². The van der Waals surface area contributed by atoms with Gasteiger partial charge in [-0.3, -0.25) is 9.89 Å². The third-order valence-electron chi connectivity index (χ3n) is 5.04. The van der Waals surface area contributed by atoms with Crippen molar-refractivity contribution in [3.05, 3.63) is 69.9 Å². The van der Waals surface area contributed by atoms with Gasteiger partial charge >= 0.3 is 0 Å². The fraction of sp³-hybridized carbons (Fsp3) is 0.273. The molecular weight excluding hydrogens is 422 g/mol. The van der Waals surface area contributed by atoms with Gasteiger partial charge in [-0.05, 0) is 37.6 Å². The quantitative estimate of drug-likeness (QED) is 0.572. The van der Waals surface area contributed by atoms with E-state index in [1.54, 1.807) is 18.9 Å². The lowest BCUT2D eigenvalue weighted by Gasteiger charge is -2.19. The molecular formula is C22H22ClN3O3S. The molecule has 1 aromatic heterocycles. The molecule has 2 aromatic carbocycles. The average molecular weight is 444 g/mol. The first-order chi connectivity index (χ1) is 14.5. The predicted molar refractivity (Wildman–Crippen MR) is 120 cm³/mol. The van der Waals surface area contributed by atoms with Crippen molar-refractivity contribution >= 4 is 35.1 Å². The largest absolute Gasteiger partial charge is 0.493 e. The standard InChI is InChI=1S/C22H22ClN3O3S/c1-12-19-20(30-13(2)22(27)24-21(19)26-25-12)14-8-9-17(18(10-14)28-3)29-11-15-6-4-5-7-16(15)23/h4-10,13,20H,11H2,1-3H3,(H2,24,25,26,27)/t13-,20-/m1/s1. The number of aromatic nitrogens is 2. The maximum Gasteiger partial charge on any atom is 0.238 e. The number of amides is 1. The molecule has 156 valence electrons. The third kappa shape index (κ3) is 4.00. The number of halogens is 1. The second-order valence-electron chi connectivity index (χ2n) is 7.05. The number of methoxy groups -OCH3 is 1. The van der Waals surface area contributed by atoms with E-state index in [1.165, 1.54) is 0 Å². The molecule has 0 unspecified atom stereocenters. The second-order valence-corrected chi connectivity index (χ2v) is 8.91. The molecule has 30 heavy (non-hydrogen) atoms. The third-order valence-corrected chi connectivity index (χ3v) is 6.81. The van der Waals surface area contributed by atoms with E-state index in [9.17, 15) is 4.79 Å². The van der Waals surface area contributed by atoms with E-state index in [2.05, 4.69) is 15.5 Å². The Morgan fingerprint density at radius 3 is 2.77 bits per heavy atom. The average Bonchev–Trinajstić information content (AvgIpc) is 3.04. The molecule has 0 saturated heterocycles. The second kappa shape index (κ2) is 8.62. The molecule has 8 heteroatoms. The Hall–Kier alpha value is -2.64. The molecule has 2 atom stereocenters. The Balaban J connectivity index is 1.64. The molecule has 3 aromatic rings. The Morgan fingerprint density at radius 1 is 1.20 bits per heavy atom. The number of benzene rings is 2. The van der Waals surface area contributed by atoms with Gasteiger partial charge in [0, 0.05) is 21.8 Å². The number of carbonyl (C=O) groups is 1. The number of hydrogen-bond acceptors (Lipinski definition) is 5. The maximum absolute atomic E-state index is 12.3. The van der Waals surface area contributed by atoms with Crippen LogP contribution in [0, 0.1) is 6.92 Å². The van der Waals surface area contributed by atoms with Crippen molar-refractivity contribution in [2.75, 3.05) is 12.4 Å². The summed E-state index contributed by atoms with van der Waals surface area (Å²) in [6, 6.07) is 13.4. The Bertz CT molecular complexity index is 1090. The van der Waals surface area contributed by atoms with Crippen LogP contribution in [0.15, 0.2) is 42.5 Å². The van der Waals surface area contributed by atoms with Gasteiger partial charge in [0.1, 0.15) is 6.61 Å². The number of thioether (sulfide) groups is 1. The zero-order valence-corrected chi connectivity index (χ0v) is 18.4. The summed E-state index contributed by atoms with van der Waals surface area (Å²) in [5, 5.41) is 10.5. The Morgan fingerprint density at radius 2 is 2.00 bits per heavy atom. The van der Waals surface area contributed by atoms with E-state index in [0.29, 0.717) is 28.9 Å². The summed E-state index contributed by atoms with van der Waals surface area (Å²) in [7, 11) is 1.62.